The number of hydrogen-bond donors (Lipinski definition) is 0. The Morgan fingerprint density at radius 2 is 2.16 bits per heavy atom. The van der Waals surface area contributed by atoms with E-state index in [-0.39, 0.29) is 10.6 Å². The third-order valence-electron chi connectivity index (χ3n) is 2.50. The first-order chi connectivity index (χ1) is 8.82. The van der Waals surface area contributed by atoms with Crippen molar-refractivity contribution in [3.63, 3.8) is 0 Å². The lowest BCUT2D eigenvalue weighted by atomic mass is 10.2. The van der Waals surface area contributed by atoms with Crippen LogP contribution in [0, 0.1) is 0 Å². The summed E-state index contributed by atoms with van der Waals surface area (Å²) in [5.74, 6) is -0.498. The normalized spacial score (nSPS) is 11.8. The van der Waals surface area contributed by atoms with Crippen molar-refractivity contribution < 1.29 is 18.0 Å². The molecule has 0 aliphatic rings. The van der Waals surface area contributed by atoms with Crippen LogP contribution in [0.1, 0.15) is 33.0 Å². The molecule has 2 rings (SSSR count). The molecule has 0 saturated carbocycles. The molecule has 0 N–H and O–H groups in total. The van der Waals surface area contributed by atoms with Crippen molar-refractivity contribution in [1.29, 1.82) is 0 Å². The van der Waals surface area contributed by atoms with Crippen molar-refractivity contribution in [3.05, 3.63) is 33.5 Å². The average molecular weight is 289 g/mol. The van der Waals surface area contributed by atoms with E-state index < -0.39 is 17.0 Å². The Balaban J connectivity index is 2.34. The summed E-state index contributed by atoms with van der Waals surface area (Å²) >= 11 is 0.342. The topological polar surface area (TPSA) is 47.8 Å². The molecular formula is C11H10F3N3OS. The zero-order valence-electron chi connectivity index (χ0n) is 10.2. The monoisotopic (exact) mass is 289 g/mol. The SMILES string of the molecule is CCc1cc(C(=O)c2cnc(C(F)(F)F)s2)n(C)n1. The standard InChI is InChI=1S/C11H10F3N3OS/c1-3-6-4-7(17(2)16-6)9(18)8-5-15-10(19-8)11(12,13)14/h4-5H,3H2,1-2H3. The highest BCUT2D eigenvalue weighted by Crippen LogP contribution is 2.33. The van der Waals surface area contributed by atoms with Gasteiger partial charge in [0.2, 0.25) is 5.78 Å². The Bertz CT molecular complexity index is 615. The lowest BCUT2D eigenvalue weighted by Gasteiger charge is -1.99. The van der Waals surface area contributed by atoms with E-state index in [0.29, 0.717) is 23.5 Å². The van der Waals surface area contributed by atoms with Gasteiger partial charge in [-0.25, -0.2) is 4.98 Å². The number of alkyl halides is 3. The molecule has 0 saturated heterocycles. The molecule has 19 heavy (non-hydrogen) atoms. The molecule has 0 aliphatic carbocycles. The summed E-state index contributed by atoms with van der Waals surface area (Å²) in [6.07, 6.45) is -2.92. The maximum absolute atomic E-state index is 12.4. The summed E-state index contributed by atoms with van der Waals surface area (Å²) < 4.78 is 38.6. The molecular weight excluding hydrogens is 279 g/mol. The maximum atomic E-state index is 12.4. The molecule has 0 fully saturated rings. The number of carbonyl (C=O) groups excluding carboxylic acids is 1. The zero-order chi connectivity index (χ0) is 14.2. The van der Waals surface area contributed by atoms with Gasteiger partial charge in [0.25, 0.3) is 0 Å². The lowest BCUT2D eigenvalue weighted by molar-refractivity contribution is -0.137. The first-order valence-electron chi connectivity index (χ1n) is 5.43. The molecule has 0 aliphatic heterocycles. The molecule has 4 nitrogen and oxygen atoms in total. The molecule has 8 heteroatoms. The van der Waals surface area contributed by atoms with Gasteiger partial charge in [0, 0.05) is 13.2 Å². The van der Waals surface area contributed by atoms with Crippen molar-refractivity contribution in [3.8, 4) is 0 Å². The van der Waals surface area contributed by atoms with E-state index in [1.807, 2.05) is 6.92 Å². The Labute approximate surface area is 110 Å². The van der Waals surface area contributed by atoms with Crippen molar-refractivity contribution in [2.24, 2.45) is 7.05 Å². The number of halogens is 3. The van der Waals surface area contributed by atoms with Crippen molar-refractivity contribution in [2.75, 3.05) is 0 Å². The third-order valence-corrected chi connectivity index (χ3v) is 3.54. The van der Waals surface area contributed by atoms with Gasteiger partial charge in [-0.05, 0) is 12.5 Å². The smallest absolute Gasteiger partial charge is 0.286 e. The number of ketones is 1. The molecule has 0 unspecified atom stereocenters. The fraction of sp³-hybridized carbons (Fsp3) is 0.364. The van der Waals surface area contributed by atoms with Crippen LogP contribution in [0.2, 0.25) is 0 Å². The highest BCUT2D eigenvalue weighted by Gasteiger charge is 2.35. The van der Waals surface area contributed by atoms with Gasteiger partial charge in [-0.2, -0.15) is 18.3 Å². The Kier molecular flexibility index (Phi) is 3.44. The van der Waals surface area contributed by atoms with Crippen LogP contribution in [0.3, 0.4) is 0 Å². The van der Waals surface area contributed by atoms with Gasteiger partial charge in [-0.15, -0.1) is 11.3 Å². The molecule has 2 heterocycles. The number of aromatic nitrogens is 3. The first kappa shape index (κ1) is 13.7. The van der Waals surface area contributed by atoms with Crippen LogP contribution in [-0.4, -0.2) is 20.5 Å². The number of thiazole rings is 1. The number of rotatable bonds is 3. The van der Waals surface area contributed by atoms with E-state index in [9.17, 15) is 18.0 Å². The second-order valence-electron chi connectivity index (χ2n) is 3.85. The largest absolute Gasteiger partial charge is 0.443 e. The van der Waals surface area contributed by atoms with Gasteiger partial charge in [-0.3, -0.25) is 9.48 Å². The van der Waals surface area contributed by atoms with Gasteiger partial charge in [0.1, 0.15) is 5.69 Å². The number of hydrogen-bond acceptors (Lipinski definition) is 4. The van der Waals surface area contributed by atoms with Gasteiger partial charge >= 0.3 is 6.18 Å². The number of carbonyl (C=O) groups is 1. The van der Waals surface area contributed by atoms with E-state index >= 15 is 0 Å². The summed E-state index contributed by atoms with van der Waals surface area (Å²) in [5, 5.41) is 3.07. The van der Waals surface area contributed by atoms with Gasteiger partial charge in [0.15, 0.2) is 5.01 Å². The average Bonchev–Trinajstić information content (AvgIpc) is 2.93. The van der Waals surface area contributed by atoms with E-state index in [1.54, 1.807) is 13.1 Å². The maximum Gasteiger partial charge on any atom is 0.443 e. The summed E-state index contributed by atoms with van der Waals surface area (Å²) in [7, 11) is 1.58. The van der Waals surface area contributed by atoms with Gasteiger partial charge < -0.3 is 0 Å². The minimum Gasteiger partial charge on any atom is -0.286 e. The van der Waals surface area contributed by atoms with Crippen LogP contribution in [0.4, 0.5) is 13.2 Å². The highest BCUT2D eigenvalue weighted by molar-refractivity contribution is 7.13. The van der Waals surface area contributed by atoms with E-state index in [0.717, 1.165) is 6.20 Å². The van der Waals surface area contributed by atoms with Crippen molar-refractivity contribution in [2.45, 2.75) is 19.5 Å². The van der Waals surface area contributed by atoms with Crippen molar-refractivity contribution >= 4 is 17.1 Å². The summed E-state index contributed by atoms with van der Waals surface area (Å²) in [5.41, 5.74) is 0.973. The van der Waals surface area contributed by atoms with Crippen LogP contribution in [0.25, 0.3) is 0 Å². The van der Waals surface area contributed by atoms with Gasteiger partial charge in [-0.1, -0.05) is 6.92 Å². The van der Waals surface area contributed by atoms with E-state index in [1.165, 1.54) is 4.68 Å². The Hall–Kier alpha value is -1.70. The summed E-state index contributed by atoms with van der Waals surface area (Å²) in [6, 6.07) is 1.58. The fourth-order valence-electron chi connectivity index (χ4n) is 1.55. The van der Waals surface area contributed by atoms with E-state index in [4.69, 9.17) is 0 Å². The van der Waals surface area contributed by atoms with Gasteiger partial charge in [0.05, 0.1) is 10.6 Å². The van der Waals surface area contributed by atoms with Crippen molar-refractivity contribution in [1.82, 2.24) is 14.8 Å². The fourth-order valence-corrected chi connectivity index (χ4v) is 2.28. The predicted octanol–water partition coefficient (Wildman–Crippen LogP) is 2.69. The Morgan fingerprint density at radius 1 is 1.47 bits per heavy atom. The Morgan fingerprint density at radius 3 is 2.63 bits per heavy atom. The molecule has 0 aromatic carbocycles. The van der Waals surface area contributed by atoms with Crippen LogP contribution in [0.15, 0.2) is 12.3 Å². The minimum absolute atomic E-state index is 0.0435. The summed E-state index contributed by atoms with van der Waals surface area (Å²) in [4.78, 5) is 15.3. The van der Waals surface area contributed by atoms with E-state index in [2.05, 4.69) is 10.1 Å². The molecule has 2 aromatic heterocycles. The molecule has 0 spiro atoms. The molecule has 0 bridgehead atoms. The second kappa shape index (κ2) is 4.76. The van der Waals surface area contributed by atoms with Crippen LogP contribution >= 0.6 is 11.3 Å². The minimum atomic E-state index is -4.52. The first-order valence-corrected chi connectivity index (χ1v) is 6.25. The highest BCUT2D eigenvalue weighted by atomic mass is 32.1. The third kappa shape index (κ3) is 2.67. The zero-order valence-corrected chi connectivity index (χ0v) is 11.0. The molecule has 2 aromatic rings. The quantitative estimate of drug-likeness (QED) is 0.816. The predicted molar refractivity (Wildman–Crippen MR) is 63.1 cm³/mol. The number of aryl methyl sites for hydroxylation is 2. The van der Waals surface area contributed by atoms with Crippen LogP contribution in [0.5, 0.6) is 0 Å². The molecule has 102 valence electrons. The number of nitrogens with zero attached hydrogens (tertiary/aromatic N) is 3. The lowest BCUT2D eigenvalue weighted by Crippen LogP contribution is -2.06. The molecule has 0 atom stereocenters. The van der Waals surface area contributed by atoms with Crippen LogP contribution < -0.4 is 0 Å². The second-order valence-corrected chi connectivity index (χ2v) is 4.89. The summed E-state index contributed by atoms with van der Waals surface area (Å²) in [6.45, 7) is 1.88. The molecule has 0 radical (unpaired) electrons. The van der Waals surface area contributed by atoms with Crippen LogP contribution in [-0.2, 0) is 19.6 Å². The molecule has 0 amide bonds.